The Balaban J connectivity index is 4.21. The number of ether oxygens (including phenoxy) is 1. The van der Waals surface area contributed by atoms with Crippen molar-refractivity contribution >= 4 is 24.6 Å². The highest BCUT2D eigenvalue weighted by atomic mass is 32.1. The fourth-order valence-electron chi connectivity index (χ4n) is 0.587. The van der Waals surface area contributed by atoms with E-state index in [2.05, 4.69) is 17.4 Å². The predicted molar refractivity (Wildman–Crippen MR) is 41.7 cm³/mol. The second kappa shape index (κ2) is 3.61. The molecule has 11 heavy (non-hydrogen) atoms. The number of hydrogen-bond acceptors (Lipinski definition) is 4. The Kier molecular flexibility index (Phi) is 3.38. The van der Waals surface area contributed by atoms with Gasteiger partial charge in [0.05, 0.1) is 13.5 Å². The number of aliphatic carboxylic acids is 1. The highest BCUT2D eigenvalue weighted by molar-refractivity contribution is 7.82. The molecule has 0 rings (SSSR count). The van der Waals surface area contributed by atoms with Crippen LogP contribution in [-0.4, -0.2) is 28.9 Å². The second-order valence-electron chi connectivity index (χ2n) is 2.34. The molecule has 1 atom stereocenters. The molecule has 0 aromatic carbocycles. The molecule has 0 aliphatic heterocycles. The van der Waals surface area contributed by atoms with E-state index in [9.17, 15) is 9.59 Å². The van der Waals surface area contributed by atoms with Crippen molar-refractivity contribution in [2.24, 2.45) is 0 Å². The number of methoxy groups -OCH3 is 1. The highest BCUT2D eigenvalue weighted by Crippen LogP contribution is 2.19. The van der Waals surface area contributed by atoms with Crippen LogP contribution in [0.3, 0.4) is 0 Å². The Hall–Kier alpha value is -0.710. The Bertz CT molecular complexity index is 175. The van der Waals surface area contributed by atoms with E-state index >= 15 is 0 Å². The Morgan fingerprint density at radius 2 is 2.09 bits per heavy atom. The van der Waals surface area contributed by atoms with E-state index in [1.54, 1.807) is 0 Å². The fraction of sp³-hybridized carbons (Fsp3) is 0.667. The molecule has 0 spiro atoms. The molecule has 0 saturated heterocycles. The summed E-state index contributed by atoms with van der Waals surface area (Å²) in [6, 6.07) is 0. The van der Waals surface area contributed by atoms with Gasteiger partial charge in [-0.05, 0) is 6.92 Å². The SMILES string of the molecule is COC(=O)C(C)(S)CC(=O)O. The van der Waals surface area contributed by atoms with Crippen molar-refractivity contribution in [3.05, 3.63) is 0 Å². The van der Waals surface area contributed by atoms with Gasteiger partial charge >= 0.3 is 11.9 Å². The lowest BCUT2D eigenvalue weighted by atomic mass is 10.1. The second-order valence-corrected chi connectivity index (χ2v) is 3.32. The average Bonchev–Trinajstić information content (AvgIpc) is 1.83. The van der Waals surface area contributed by atoms with Crippen molar-refractivity contribution < 1.29 is 19.4 Å². The molecule has 64 valence electrons. The van der Waals surface area contributed by atoms with E-state index < -0.39 is 16.7 Å². The lowest BCUT2D eigenvalue weighted by Gasteiger charge is -2.17. The molecule has 0 amide bonds. The fourth-order valence-corrected chi connectivity index (χ4v) is 0.813. The minimum Gasteiger partial charge on any atom is -0.481 e. The van der Waals surface area contributed by atoms with Crippen molar-refractivity contribution in [2.45, 2.75) is 18.1 Å². The lowest BCUT2D eigenvalue weighted by Crippen LogP contribution is -2.32. The van der Waals surface area contributed by atoms with Crippen molar-refractivity contribution in [1.29, 1.82) is 0 Å². The topological polar surface area (TPSA) is 63.6 Å². The monoisotopic (exact) mass is 178 g/mol. The van der Waals surface area contributed by atoms with Crippen LogP contribution in [0.4, 0.5) is 0 Å². The molecule has 0 fully saturated rings. The van der Waals surface area contributed by atoms with Crippen LogP contribution in [0.2, 0.25) is 0 Å². The third-order valence-electron chi connectivity index (χ3n) is 1.12. The zero-order valence-corrected chi connectivity index (χ0v) is 7.22. The molecule has 1 unspecified atom stereocenters. The van der Waals surface area contributed by atoms with Crippen molar-refractivity contribution in [3.63, 3.8) is 0 Å². The van der Waals surface area contributed by atoms with Crippen LogP contribution in [0.1, 0.15) is 13.3 Å². The van der Waals surface area contributed by atoms with Gasteiger partial charge in [-0.2, -0.15) is 12.6 Å². The number of carbonyl (C=O) groups is 2. The van der Waals surface area contributed by atoms with Crippen LogP contribution < -0.4 is 0 Å². The van der Waals surface area contributed by atoms with Gasteiger partial charge in [0.2, 0.25) is 0 Å². The van der Waals surface area contributed by atoms with E-state index in [1.165, 1.54) is 14.0 Å². The van der Waals surface area contributed by atoms with Gasteiger partial charge < -0.3 is 9.84 Å². The van der Waals surface area contributed by atoms with E-state index in [1.807, 2.05) is 0 Å². The molecule has 0 aliphatic carbocycles. The number of carboxylic acid groups (broad SMARTS) is 1. The van der Waals surface area contributed by atoms with E-state index in [0.717, 1.165) is 0 Å². The largest absolute Gasteiger partial charge is 0.481 e. The number of thiol groups is 1. The van der Waals surface area contributed by atoms with Crippen LogP contribution in [-0.2, 0) is 14.3 Å². The van der Waals surface area contributed by atoms with Gasteiger partial charge in [0.15, 0.2) is 0 Å². The van der Waals surface area contributed by atoms with Gasteiger partial charge in [0.1, 0.15) is 4.75 Å². The summed E-state index contributed by atoms with van der Waals surface area (Å²) in [7, 11) is 1.19. The van der Waals surface area contributed by atoms with Crippen molar-refractivity contribution in [1.82, 2.24) is 0 Å². The summed E-state index contributed by atoms with van der Waals surface area (Å²) in [5.41, 5.74) is 0. The number of carbonyl (C=O) groups excluding carboxylic acids is 1. The Morgan fingerprint density at radius 1 is 1.64 bits per heavy atom. The standard InChI is InChI=1S/C6H10O4S/c1-6(11,3-4(7)8)5(9)10-2/h11H,3H2,1-2H3,(H,7,8). The summed E-state index contributed by atoms with van der Waals surface area (Å²) in [4.78, 5) is 21.0. The minimum atomic E-state index is -1.24. The molecule has 4 nitrogen and oxygen atoms in total. The first-order valence-electron chi connectivity index (χ1n) is 2.92. The van der Waals surface area contributed by atoms with Gasteiger partial charge in [-0.15, -0.1) is 0 Å². The van der Waals surface area contributed by atoms with Gasteiger partial charge in [0, 0.05) is 0 Å². The third kappa shape index (κ3) is 3.27. The molecule has 5 heteroatoms. The molecule has 0 saturated carbocycles. The maximum atomic E-state index is 10.8. The zero-order chi connectivity index (χ0) is 9.07. The van der Waals surface area contributed by atoms with Gasteiger partial charge in [-0.1, -0.05) is 0 Å². The highest BCUT2D eigenvalue weighted by Gasteiger charge is 2.32. The number of rotatable bonds is 3. The molecular weight excluding hydrogens is 168 g/mol. The van der Waals surface area contributed by atoms with E-state index in [-0.39, 0.29) is 6.42 Å². The first-order chi connectivity index (χ1) is 4.90. The molecule has 0 heterocycles. The zero-order valence-electron chi connectivity index (χ0n) is 6.33. The van der Waals surface area contributed by atoms with E-state index in [0.29, 0.717) is 0 Å². The van der Waals surface area contributed by atoms with E-state index in [4.69, 9.17) is 5.11 Å². The molecular formula is C6H10O4S. The normalized spacial score (nSPS) is 15.2. The molecule has 0 aromatic rings. The Morgan fingerprint density at radius 3 is 2.36 bits per heavy atom. The van der Waals surface area contributed by atoms with Crippen LogP contribution in [0, 0.1) is 0 Å². The van der Waals surface area contributed by atoms with Gasteiger partial charge in [0.25, 0.3) is 0 Å². The first kappa shape index (κ1) is 10.3. The van der Waals surface area contributed by atoms with Crippen LogP contribution >= 0.6 is 12.6 Å². The van der Waals surface area contributed by atoms with Gasteiger partial charge in [-0.3, -0.25) is 9.59 Å². The molecule has 0 radical (unpaired) electrons. The van der Waals surface area contributed by atoms with Crippen LogP contribution in [0.15, 0.2) is 0 Å². The van der Waals surface area contributed by atoms with Crippen molar-refractivity contribution in [2.75, 3.05) is 7.11 Å². The molecule has 0 bridgehead atoms. The summed E-state index contributed by atoms with van der Waals surface area (Å²) >= 11 is 3.85. The summed E-state index contributed by atoms with van der Waals surface area (Å²) in [6.45, 7) is 1.40. The maximum Gasteiger partial charge on any atom is 0.321 e. The number of carboxylic acids is 1. The minimum absolute atomic E-state index is 0.344. The quantitative estimate of drug-likeness (QED) is 0.482. The lowest BCUT2D eigenvalue weighted by molar-refractivity contribution is -0.148. The van der Waals surface area contributed by atoms with Gasteiger partial charge in [-0.25, -0.2) is 0 Å². The van der Waals surface area contributed by atoms with Crippen LogP contribution in [0.5, 0.6) is 0 Å². The third-order valence-corrected chi connectivity index (χ3v) is 1.46. The average molecular weight is 178 g/mol. The van der Waals surface area contributed by atoms with Crippen molar-refractivity contribution in [3.8, 4) is 0 Å². The summed E-state index contributed by atoms with van der Waals surface area (Å²) in [5, 5.41) is 8.34. The summed E-state index contributed by atoms with van der Waals surface area (Å²) < 4.78 is 3.10. The molecule has 1 N–H and O–H groups in total. The number of hydrogen-bond donors (Lipinski definition) is 2. The molecule has 0 aliphatic rings. The maximum absolute atomic E-state index is 10.8. The predicted octanol–water partition coefficient (Wildman–Crippen LogP) is 0.323. The summed E-state index contributed by atoms with van der Waals surface area (Å²) in [6.07, 6.45) is -0.344. The molecule has 0 aromatic heterocycles. The Labute approximate surface area is 69.9 Å². The summed E-state index contributed by atoms with van der Waals surface area (Å²) in [5.74, 6) is -1.71. The first-order valence-corrected chi connectivity index (χ1v) is 3.37. The van der Waals surface area contributed by atoms with Crippen LogP contribution in [0.25, 0.3) is 0 Å². The smallest absolute Gasteiger partial charge is 0.321 e. The number of esters is 1.